The average molecular weight is 444 g/mol. The molecule has 6 nitrogen and oxygen atoms in total. The van der Waals surface area contributed by atoms with Crippen LogP contribution in [0.3, 0.4) is 0 Å². The molecular weight excluding hydrogens is 426 g/mol. The van der Waals surface area contributed by atoms with E-state index in [1.165, 1.54) is 12.1 Å². The second-order valence-electron chi connectivity index (χ2n) is 7.71. The van der Waals surface area contributed by atoms with Gasteiger partial charge in [-0.05, 0) is 48.9 Å². The fraction of sp³-hybridized carbons (Fsp3) is 0.0800. The first-order valence-corrected chi connectivity index (χ1v) is 10.4. The van der Waals surface area contributed by atoms with E-state index in [4.69, 9.17) is 11.6 Å². The molecule has 0 aliphatic carbocycles. The third-order valence-electron chi connectivity index (χ3n) is 5.67. The molecule has 0 saturated heterocycles. The van der Waals surface area contributed by atoms with Gasteiger partial charge in [-0.2, -0.15) is 5.10 Å². The van der Waals surface area contributed by atoms with E-state index in [0.717, 1.165) is 22.3 Å². The summed E-state index contributed by atoms with van der Waals surface area (Å²) in [4.78, 5) is 26.4. The van der Waals surface area contributed by atoms with E-state index in [0.29, 0.717) is 22.1 Å². The normalized spacial score (nSPS) is 15.1. The van der Waals surface area contributed by atoms with Crippen LogP contribution in [0.25, 0.3) is 11.3 Å². The highest BCUT2D eigenvalue weighted by Crippen LogP contribution is 2.45. The molecule has 32 heavy (non-hydrogen) atoms. The van der Waals surface area contributed by atoms with Crippen molar-refractivity contribution in [3.8, 4) is 11.3 Å². The zero-order valence-electron chi connectivity index (χ0n) is 17.0. The molecule has 0 bridgehead atoms. The number of aromatic carboxylic acids is 1. The Morgan fingerprint density at radius 3 is 2.28 bits per heavy atom. The molecule has 3 aromatic carbocycles. The molecule has 1 aliphatic rings. The molecule has 0 fully saturated rings. The molecule has 0 radical (unpaired) electrons. The summed E-state index contributed by atoms with van der Waals surface area (Å²) in [5, 5.41) is 17.2. The average Bonchev–Trinajstić information content (AvgIpc) is 3.34. The number of carboxylic acids is 1. The van der Waals surface area contributed by atoms with Gasteiger partial charge in [-0.25, -0.2) is 4.79 Å². The van der Waals surface area contributed by atoms with E-state index in [9.17, 15) is 14.7 Å². The molecule has 5 rings (SSSR count). The first-order chi connectivity index (χ1) is 15.4. The van der Waals surface area contributed by atoms with Gasteiger partial charge in [0.05, 0.1) is 17.3 Å². The number of hydrogen-bond acceptors (Lipinski definition) is 3. The van der Waals surface area contributed by atoms with Crippen molar-refractivity contribution < 1.29 is 14.7 Å². The number of aromatic amines is 1. The van der Waals surface area contributed by atoms with E-state index in [1.807, 2.05) is 43.3 Å². The number of benzene rings is 3. The summed E-state index contributed by atoms with van der Waals surface area (Å²) in [6, 6.07) is 21.2. The van der Waals surface area contributed by atoms with Gasteiger partial charge < -0.3 is 5.11 Å². The van der Waals surface area contributed by atoms with Crippen LogP contribution < -0.4 is 4.90 Å². The number of nitrogens with zero attached hydrogens (tertiary/aromatic N) is 2. The Morgan fingerprint density at radius 2 is 1.66 bits per heavy atom. The van der Waals surface area contributed by atoms with E-state index in [1.54, 1.807) is 29.2 Å². The third kappa shape index (κ3) is 3.25. The fourth-order valence-corrected chi connectivity index (χ4v) is 4.20. The summed E-state index contributed by atoms with van der Waals surface area (Å²) in [5.41, 5.74) is 5.57. The van der Waals surface area contributed by atoms with Crippen molar-refractivity contribution in [1.29, 1.82) is 0 Å². The van der Waals surface area contributed by atoms with Crippen molar-refractivity contribution in [2.45, 2.75) is 13.0 Å². The molecule has 1 aromatic heterocycles. The highest BCUT2D eigenvalue weighted by Gasteiger charge is 2.43. The van der Waals surface area contributed by atoms with E-state index in [2.05, 4.69) is 10.2 Å². The number of amides is 1. The molecule has 1 amide bonds. The largest absolute Gasteiger partial charge is 0.478 e. The molecule has 0 unspecified atom stereocenters. The lowest BCUT2D eigenvalue weighted by atomic mass is 9.95. The van der Waals surface area contributed by atoms with E-state index in [-0.39, 0.29) is 11.5 Å². The summed E-state index contributed by atoms with van der Waals surface area (Å²) >= 11 is 6.11. The predicted octanol–water partition coefficient (Wildman–Crippen LogP) is 5.49. The maximum Gasteiger partial charge on any atom is 0.335 e. The standard InChI is InChI=1S/C25H18ClN3O3/c1-14-2-4-15(5-3-14)21-20-22(28-27-21)24(30)29(19-12-8-17(9-13-19)25(31)32)23(20)16-6-10-18(26)11-7-16/h2-13,23H,1H3,(H,27,28)(H,31,32)/t23-/m0/s1. The number of halogens is 1. The highest BCUT2D eigenvalue weighted by atomic mass is 35.5. The molecule has 0 saturated carbocycles. The number of H-pyrrole nitrogens is 1. The van der Waals surface area contributed by atoms with Gasteiger partial charge >= 0.3 is 5.97 Å². The molecule has 2 N–H and O–H groups in total. The number of aryl methyl sites for hydroxylation is 1. The van der Waals surface area contributed by atoms with Crippen molar-refractivity contribution in [2.24, 2.45) is 0 Å². The summed E-state index contributed by atoms with van der Waals surface area (Å²) in [6.45, 7) is 2.02. The maximum atomic E-state index is 13.5. The number of fused-ring (bicyclic) bond motifs is 1. The lowest BCUT2D eigenvalue weighted by Gasteiger charge is -2.26. The maximum absolute atomic E-state index is 13.5. The first kappa shape index (κ1) is 20.0. The van der Waals surface area contributed by atoms with Gasteiger partial charge in [0, 0.05) is 21.8 Å². The van der Waals surface area contributed by atoms with Gasteiger partial charge in [-0.1, -0.05) is 53.6 Å². The third-order valence-corrected chi connectivity index (χ3v) is 5.92. The van der Waals surface area contributed by atoms with Crippen LogP contribution in [-0.2, 0) is 0 Å². The Kier molecular flexibility index (Phi) is 4.79. The summed E-state index contributed by atoms with van der Waals surface area (Å²) < 4.78 is 0. The highest BCUT2D eigenvalue weighted by molar-refractivity contribution is 6.30. The van der Waals surface area contributed by atoms with Crippen LogP contribution in [0.2, 0.25) is 5.02 Å². The van der Waals surface area contributed by atoms with Crippen LogP contribution in [0.5, 0.6) is 0 Å². The number of aromatic nitrogens is 2. The number of carboxylic acid groups (broad SMARTS) is 1. The molecule has 4 aromatic rings. The van der Waals surface area contributed by atoms with Crippen molar-refractivity contribution >= 4 is 29.2 Å². The van der Waals surface area contributed by atoms with Crippen LogP contribution in [-0.4, -0.2) is 27.2 Å². The summed E-state index contributed by atoms with van der Waals surface area (Å²) in [6.07, 6.45) is 0. The molecule has 158 valence electrons. The lowest BCUT2D eigenvalue weighted by molar-refractivity contribution is 0.0696. The van der Waals surface area contributed by atoms with Crippen LogP contribution in [0.1, 0.15) is 43.6 Å². The van der Waals surface area contributed by atoms with Gasteiger partial charge in [-0.15, -0.1) is 0 Å². The smallest absolute Gasteiger partial charge is 0.335 e. The van der Waals surface area contributed by atoms with Gasteiger partial charge in [0.1, 0.15) is 5.69 Å². The SMILES string of the molecule is Cc1ccc(-c2n[nH]c3c2[C@H](c2ccc(Cl)cc2)N(c2ccc(C(=O)O)cc2)C3=O)cc1. The second kappa shape index (κ2) is 7.66. The number of hydrogen-bond donors (Lipinski definition) is 2. The Labute approximate surface area is 189 Å². The van der Waals surface area contributed by atoms with Crippen molar-refractivity contribution in [1.82, 2.24) is 10.2 Å². The van der Waals surface area contributed by atoms with Crippen LogP contribution in [0.15, 0.2) is 72.8 Å². The minimum absolute atomic E-state index is 0.156. The quantitative estimate of drug-likeness (QED) is 0.437. The zero-order chi connectivity index (χ0) is 22.4. The number of anilines is 1. The number of rotatable bonds is 4. The predicted molar refractivity (Wildman–Crippen MR) is 122 cm³/mol. The molecule has 0 spiro atoms. The molecule has 7 heteroatoms. The number of nitrogens with one attached hydrogen (secondary N) is 1. The van der Waals surface area contributed by atoms with Gasteiger partial charge in [0.25, 0.3) is 5.91 Å². The minimum atomic E-state index is -1.02. The summed E-state index contributed by atoms with van der Waals surface area (Å²) in [5.74, 6) is -1.25. The van der Waals surface area contributed by atoms with Crippen molar-refractivity contribution in [3.63, 3.8) is 0 Å². The molecule has 1 aliphatic heterocycles. The van der Waals surface area contributed by atoms with Gasteiger partial charge in [0.2, 0.25) is 0 Å². The Balaban J connectivity index is 1.68. The van der Waals surface area contributed by atoms with Crippen molar-refractivity contribution in [3.05, 3.63) is 106 Å². The number of carbonyl (C=O) groups excluding carboxylic acids is 1. The molecule has 1 atom stereocenters. The first-order valence-electron chi connectivity index (χ1n) is 10.0. The topological polar surface area (TPSA) is 86.3 Å². The minimum Gasteiger partial charge on any atom is -0.478 e. The molecule has 2 heterocycles. The van der Waals surface area contributed by atoms with Crippen LogP contribution >= 0.6 is 11.6 Å². The lowest BCUT2D eigenvalue weighted by Crippen LogP contribution is -2.29. The van der Waals surface area contributed by atoms with Gasteiger partial charge in [0.15, 0.2) is 0 Å². The van der Waals surface area contributed by atoms with E-state index < -0.39 is 12.0 Å². The summed E-state index contributed by atoms with van der Waals surface area (Å²) in [7, 11) is 0. The number of carbonyl (C=O) groups is 2. The Bertz CT molecular complexity index is 1330. The van der Waals surface area contributed by atoms with Crippen LogP contribution in [0.4, 0.5) is 5.69 Å². The Hall–Kier alpha value is -3.90. The van der Waals surface area contributed by atoms with Crippen LogP contribution in [0, 0.1) is 6.92 Å². The Morgan fingerprint density at radius 1 is 1.00 bits per heavy atom. The molecular formula is C25H18ClN3O3. The van der Waals surface area contributed by atoms with Crippen molar-refractivity contribution in [2.75, 3.05) is 4.90 Å². The second-order valence-corrected chi connectivity index (χ2v) is 8.14. The van der Waals surface area contributed by atoms with E-state index >= 15 is 0 Å². The zero-order valence-corrected chi connectivity index (χ0v) is 17.8. The fourth-order valence-electron chi connectivity index (χ4n) is 4.07. The van der Waals surface area contributed by atoms with Gasteiger partial charge in [-0.3, -0.25) is 14.8 Å². The monoisotopic (exact) mass is 443 g/mol.